The quantitative estimate of drug-likeness (QED) is 0.471. The third-order valence-electron chi connectivity index (χ3n) is 4.86. The predicted octanol–water partition coefficient (Wildman–Crippen LogP) is 6.54. The number of hydrogen-bond donors (Lipinski definition) is 1. The number of aryl methyl sites for hydroxylation is 1. The number of anilines is 2. The molecule has 146 valence electrons. The van der Waals surface area contributed by atoms with E-state index in [-0.39, 0.29) is 12.1 Å². The van der Waals surface area contributed by atoms with Gasteiger partial charge in [-0.05, 0) is 56.4 Å². The molecular formula is C20H19Cl2N3O2S. The first kappa shape index (κ1) is 19.4. The lowest BCUT2D eigenvalue weighted by atomic mass is 9.98. The number of aromatic nitrogens is 2. The zero-order valence-corrected chi connectivity index (χ0v) is 17.6. The fourth-order valence-electron chi connectivity index (χ4n) is 3.51. The van der Waals surface area contributed by atoms with E-state index in [0.29, 0.717) is 20.7 Å². The Labute approximate surface area is 177 Å². The van der Waals surface area contributed by atoms with Gasteiger partial charge in [0.05, 0.1) is 5.39 Å². The lowest BCUT2D eigenvalue weighted by Crippen LogP contribution is -2.20. The molecule has 2 aromatic heterocycles. The van der Waals surface area contributed by atoms with Gasteiger partial charge in [0, 0.05) is 15.7 Å². The predicted molar refractivity (Wildman–Crippen MR) is 114 cm³/mol. The molecule has 1 aliphatic carbocycles. The molecular weight excluding hydrogens is 417 g/mol. The molecule has 0 spiro atoms. The van der Waals surface area contributed by atoms with Crippen molar-refractivity contribution in [3.8, 4) is 0 Å². The number of fused-ring (bicyclic) bond motifs is 1. The molecule has 5 nitrogen and oxygen atoms in total. The largest absolute Gasteiger partial charge is 0.458 e. The molecule has 0 amide bonds. The van der Waals surface area contributed by atoms with E-state index < -0.39 is 0 Å². The van der Waals surface area contributed by atoms with E-state index in [9.17, 15) is 4.79 Å². The van der Waals surface area contributed by atoms with E-state index in [2.05, 4.69) is 15.3 Å². The number of nitrogens with one attached hydrogen (secondary N) is 1. The average Bonchev–Trinajstić information content (AvgIpc) is 3.00. The first-order valence-electron chi connectivity index (χ1n) is 9.19. The summed E-state index contributed by atoms with van der Waals surface area (Å²) >= 11 is 13.5. The molecule has 1 saturated carbocycles. The summed E-state index contributed by atoms with van der Waals surface area (Å²) in [6, 6.07) is 5.20. The fraction of sp³-hybridized carbons (Fsp3) is 0.350. The third kappa shape index (κ3) is 4.09. The van der Waals surface area contributed by atoms with Gasteiger partial charge in [-0.15, -0.1) is 11.3 Å². The Morgan fingerprint density at radius 2 is 1.86 bits per heavy atom. The van der Waals surface area contributed by atoms with Gasteiger partial charge >= 0.3 is 5.97 Å². The molecule has 0 unspecified atom stereocenters. The van der Waals surface area contributed by atoms with Crippen LogP contribution in [0.4, 0.5) is 11.5 Å². The van der Waals surface area contributed by atoms with Crippen molar-refractivity contribution in [2.75, 3.05) is 5.32 Å². The minimum Gasteiger partial charge on any atom is -0.458 e. The van der Waals surface area contributed by atoms with E-state index in [1.165, 1.54) is 24.1 Å². The Balaban J connectivity index is 1.65. The van der Waals surface area contributed by atoms with Gasteiger partial charge in [0.1, 0.15) is 28.0 Å². The minimum absolute atomic E-state index is 0.0168. The summed E-state index contributed by atoms with van der Waals surface area (Å²) in [6.45, 7) is 1.90. The molecule has 2 heterocycles. The van der Waals surface area contributed by atoms with Crippen molar-refractivity contribution in [2.45, 2.75) is 45.1 Å². The van der Waals surface area contributed by atoms with E-state index in [1.54, 1.807) is 18.2 Å². The van der Waals surface area contributed by atoms with Gasteiger partial charge in [0.15, 0.2) is 0 Å². The van der Waals surface area contributed by atoms with Crippen molar-refractivity contribution >= 4 is 62.2 Å². The number of esters is 1. The highest BCUT2D eigenvalue weighted by Gasteiger charge is 2.24. The Kier molecular flexibility index (Phi) is 5.71. The molecule has 1 aliphatic rings. The van der Waals surface area contributed by atoms with E-state index >= 15 is 0 Å². The summed E-state index contributed by atoms with van der Waals surface area (Å²) < 4.78 is 5.75. The Bertz CT molecular complexity index is 1010. The van der Waals surface area contributed by atoms with E-state index in [0.717, 1.165) is 47.2 Å². The number of benzene rings is 1. The second-order valence-corrected chi connectivity index (χ2v) is 8.78. The Morgan fingerprint density at radius 3 is 2.57 bits per heavy atom. The summed E-state index contributed by atoms with van der Waals surface area (Å²) in [4.78, 5) is 22.8. The lowest BCUT2D eigenvalue weighted by molar-refractivity contribution is 0.0216. The van der Waals surface area contributed by atoms with Crippen LogP contribution < -0.4 is 5.32 Å². The highest BCUT2D eigenvalue weighted by atomic mass is 35.5. The third-order valence-corrected chi connectivity index (χ3v) is 6.48. The highest BCUT2D eigenvalue weighted by Crippen LogP contribution is 2.36. The smallest absolute Gasteiger partial charge is 0.348 e. The van der Waals surface area contributed by atoms with Gasteiger partial charge < -0.3 is 10.1 Å². The number of thiophene rings is 1. The lowest BCUT2D eigenvalue weighted by Gasteiger charge is -2.21. The van der Waals surface area contributed by atoms with Crippen molar-refractivity contribution in [2.24, 2.45) is 0 Å². The van der Waals surface area contributed by atoms with Gasteiger partial charge in [-0.25, -0.2) is 14.8 Å². The van der Waals surface area contributed by atoms with Crippen LogP contribution in [0.5, 0.6) is 0 Å². The first-order valence-corrected chi connectivity index (χ1v) is 10.8. The van der Waals surface area contributed by atoms with Gasteiger partial charge in [0.25, 0.3) is 0 Å². The maximum Gasteiger partial charge on any atom is 0.348 e. The standard InChI is InChI=1S/C20H19Cl2N3O2S/c1-11-16-18(25-14-8-12(21)7-13(22)9-14)23-10-24-19(16)28-17(11)20(26)27-15-5-3-2-4-6-15/h7-10,15H,2-6H2,1H3,(H,23,24,25). The molecule has 28 heavy (non-hydrogen) atoms. The number of carbonyl (C=O) groups excluding carboxylic acids is 1. The molecule has 8 heteroatoms. The fourth-order valence-corrected chi connectivity index (χ4v) is 5.07. The van der Waals surface area contributed by atoms with Crippen molar-refractivity contribution in [1.29, 1.82) is 0 Å². The minimum atomic E-state index is -0.274. The van der Waals surface area contributed by atoms with Crippen LogP contribution >= 0.6 is 34.5 Å². The number of ether oxygens (including phenoxy) is 1. The van der Waals surface area contributed by atoms with E-state index in [1.807, 2.05) is 6.92 Å². The number of halogens is 2. The molecule has 1 fully saturated rings. The summed E-state index contributed by atoms with van der Waals surface area (Å²) in [5, 5.41) is 5.10. The zero-order valence-electron chi connectivity index (χ0n) is 15.3. The maximum atomic E-state index is 12.7. The second-order valence-electron chi connectivity index (χ2n) is 6.91. The topological polar surface area (TPSA) is 64.1 Å². The molecule has 0 radical (unpaired) electrons. The zero-order chi connectivity index (χ0) is 19.7. The van der Waals surface area contributed by atoms with Crippen molar-refractivity contribution in [3.05, 3.63) is 45.0 Å². The molecule has 0 atom stereocenters. The van der Waals surface area contributed by atoms with Gasteiger partial charge in [-0.3, -0.25) is 0 Å². The highest BCUT2D eigenvalue weighted by molar-refractivity contribution is 7.20. The molecule has 0 aliphatic heterocycles. The SMILES string of the molecule is Cc1c(C(=O)OC2CCCCC2)sc2ncnc(Nc3cc(Cl)cc(Cl)c3)c12. The average molecular weight is 436 g/mol. The van der Waals surface area contributed by atoms with Gasteiger partial charge in [0.2, 0.25) is 0 Å². The first-order chi connectivity index (χ1) is 13.5. The van der Waals surface area contributed by atoms with Crippen molar-refractivity contribution in [1.82, 2.24) is 9.97 Å². The number of rotatable bonds is 4. The second kappa shape index (κ2) is 8.23. The van der Waals surface area contributed by atoms with Crippen LogP contribution in [0.15, 0.2) is 24.5 Å². The van der Waals surface area contributed by atoms with Crippen LogP contribution in [-0.2, 0) is 4.74 Å². The van der Waals surface area contributed by atoms with Crippen molar-refractivity contribution < 1.29 is 9.53 Å². The van der Waals surface area contributed by atoms with Crippen LogP contribution in [-0.4, -0.2) is 22.0 Å². The summed E-state index contributed by atoms with van der Waals surface area (Å²) in [5.41, 5.74) is 1.53. The van der Waals surface area contributed by atoms with Crippen molar-refractivity contribution in [3.63, 3.8) is 0 Å². The number of nitrogens with zero attached hydrogens (tertiary/aromatic N) is 2. The van der Waals surface area contributed by atoms with Crippen LogP contribution in [0.3, 0.4) is 0 Å². The van der Waals surface area contributed by atoms with Crippen LogP contribution in [0.2, 0.25) is 10.0 Å². The molecule has 3 aromatic rings. The molecule has 1 N–H and O–H groups in total. The Hall–Kier alpha value is -1.89. The van der Waals surface area contributed by atoms with E-state index in [4.69, 9.17) is 27.9 Å². The van der Waals surface area contributed by atoms with Crippen LogP contribution in [0, 0.1) is 6.92 Å². The number of carbonyl (C=O) groups is 1. The summed E-state index contributed by atoms with van der Waals surface area (Å²) in [5.74, 6) is 0.331. The maximum absolute atomic E-state index is 12.7. The van der Waals surface area contributed by atoms with Crippen LogP contribution in [0.1, 0.15) is 47.3 Å². The molecule has 1 aromatic carbocycles. The number of hydrogen-bond acceptors (Lipinski definition) is 6. The summed E-state index contributed by atoms with van der Waals surface area (Å²) in [6.07, 6.45) is 6.83. The molecule has 0 saturated heterocycles. The Morgan fingerprint density at radius 1 is 1.14 bits per heavy atom. The van der Waals surface area contributed by atoms with Gasteiger partial charge in [-0.1, -0.05) is 29.6 Å². The normalized spacial score (nSPS) is 15.0. The summed E-state index contributed by atoms with van der Waals surface area (Å²) in [7, 11) is 0. The van der Waals surface area contributed by atoms with Gasteiger partial charge in [-0.2, -0.15) is 0 Å². The monoisotopic (exact) mass is 435 g/mol. The van der Waals surface area contributed by atoms with Crippen LogP contribution in [0.25, 0.3) is 10.2 Å². The molecule has 0 bridgehead atoms. The molecule has 4 rings (SSSR count).